The van der Waals surface area contributed by atoms with Crippen molar-refractivity contribution in [3.05, 3.63) is 16.7 Å². The van der Waals surface area contributed by atoms with Crippen molar-refractivity contribution in [2.45, 2.75) is 86.0 Å². The van der Waals surface area contributed by atoms with E-state index < -0.39 is 5.92 Å². The molecule has 12 heteroatoms. The lowest BCUT2D eigenvalue weighted by Crippen LogP contribution is -2.13. The second-order valence-electron chi connectivity index (χ2n) is 9.34. The van der Waals surface area contributed by atoms with Crippen molar-refractivity contribution in [3.8, 4) is 35.3 Å². The Morgan fingerprint density at radius 2 is 0.675 bits per heavy atom. The average Bonchev–Trinajstić information content (AvgIpc) is 3.68. The zero-order chi connectivity index (χ0) is 28.7. The van der Waals surface area contributed by atoms with Crippen molar-refractivity contribution in [2.75, 3.05) is 39.6 Å². The highest BCUT2D eigenvalue weighted by Crippen LogP contribution is 2.51. The fourth-order valence-corrected chi connectivity index (χ4v) is 4.02. The first-order valence-electron chi connectivity index (χ1n) is 14.7. The molecule has 0 aliphatic carbocycles. The third-order valence-corrected chi connectivity index (χ3v) is 5.75. The molecule has 0 atom stereocenters. The van der Waals surface area contributed by atoms with Crippen molar-refractivity contribution in [1.82, 2.24) is 30.6 Å². The maximum atomic E-state index is 6.19. The summed E-state index contributed by atoms with van der Waals surface area (Å²) >= 11 is 0. The van der Waals surface area contributed by atoms with E-state index in [1.54, 1.807) is 0 Å². The summed E-state index contributed by atoms with van der Waals surface area (Å²) in [6, 6.07) is 0. The van der Waals surface area contributed by atoms with E-state index >= 15 is 0 Å². The number of hydrogen-bond donors (Lipinski definition) is 3. The van der Waals surface area contributed by atoms with Gasteiger partial charge in [-0.05, 0) is 38.5 Å². The van der Waals surface area contributed by atoms with Gasteiger partial charge in [-0.15, -0.1) is 15.3 Å². The van der Waals surface area contributed by atoms with Crippen LogP contribution in [0.2, 0.25) is 0 Å². The molecule has 40 heavy (non-hydrogen) atoms. The smallest absolute Gasteiger partial charge is 0.240 e. The number of ether oxygens (including phenoxy) is 6. The largest absolute Gasteiger partial charge is 0.478 e. The van der Waals surface area contributed by atoms with Crippen molar-refractivity contribution in [1.29, 1.82) is 0 Å². The fraction of sp³-hybridized carbons (Fsp3) is 0.679. The molecule has 12 nitrogen and oxygen atoms in total. The summed E-state index contributed by atoms with van der Waals surface area (Å²) in [5.41, 5.74) is 1.99. The van der Waals surface area contributed by atoms with Gasteiger partial charge in [-0.25, -0.2) is 15.3 Å². The first-order chi connectivity index (χ1) is 19.6. The third kappa shape index (κ3) is 7.54. The lowest BCUT2D eigenvalue weighted by molar-refractivity contribution is 0.281. The van der Waals surface area contributed by atoms with Gasteiger partial charge >= 0.3 is 0 Å². The molecule has 0 amide bonds. The number of aromatic amines is 3. The summed E-state index contributed by atoms with van der Waals surface area (Å²) in [6.45, 7) is 15.2. The maximum Gasteiger partial charge on any atom is 0.240 e. The Morgan fingerprint density at radius 3 is 0.925 bits per heavy atom. The molecule has 0 fully saturated rings. The van der Waals surface area contributed by atoms with Gasteiger partial charge in [0.25, 0.3) is 0 Å². The molecule has 0 spiro atoms. The number of hydrogen-bond acceptors (Lipinski definition) is 9. The summed E-state index contributed by atoms with van der Waals surface area (Å²) in [5, 5.41) is 22.7. The van der Waals surface area contributed by atoms with Gasteiger partial charge < -0.3 is 28.4 Å². The van der Waals surface area contributed by atoms with Crippen LogP contribution < -0.4 is 28.4 Å². The number of rotatable bonds is 21. The van der Waals surface area contributed by atoms with Gasteiger partial charge in [0.1, 0.15) is 0 Å². The Kier molecular flexibility index (Phi) is 12.8. The summed E-state index contributed by atoms with van der Waals surface area (Å²) < 4.78 is 37.0. The Balaban J connectivity index is 2.36. The summed E-state index contributed by atoms with van der Waals surface area (Å²) in [7, 11) is 0. The first-order valence-corrected chi connectivity index (χ1v) is 14.7. The third-order valence-electron chi connectivity index (χ3n) is 5.75. The van der Waals surface area contributed by atoms with Crippen molar-refractivity contribution in [2.24, 2.45) is 0 Å². The summed E-state index contributed by atoms with van der Waals surface area (Å²) in [5.74, 6) is 2.03. The zero-order valence-corrected chi connectivity index (χ0v) is 24.9. The topological polar surface area (TPSA) is 141 Å². The van der Waals surface area contributed by atoms with Crippen molar-refractivity contribution in [3.63, 3.8) is 0 Å². The number of nitrogens with zero attached hydrogens (tertiary/aromatic N) is 3. The van der Waals surface area contributed by atoms with E-state index in [2.05, 4.69) is 51.4 Å². The van der Waals surface area contributed by atoms with E-state index in [1.807, 2.05) is 20.8 Å². The molecule has 0 unspecified atom stereocenters. The molecule has 3 aromatic rings. The second-order valence-corrected chi connectivity index (χ2v) is 9.34. The van der Waals surface area contributed by atoms with Crippen LogP contribution >= 0.6 is 0 Å². The van der Waals surface area contributed by atoms with E-state index in [1.165, 1.54) is 0 Å². The van der Waals surface area contributed by atoms with E-state index in [9.17, 15) is 0 Å². The van der Waals surface area contributed by atoms with E-state index in [-0.39, 0.29) is 0 Å². The second kappa shape index (κ2) is 16.5. The molecular weight excluding hydrogens is 516 g/mol. The monoisotopic (exact) mass is 562 g/mol. The lowest BCUT2D eigenvalue weighted by Gasteiger charge is -2.21. The van der Waals surface area contributed by atoms with Crippen LogP contribution in [0.5, 0.6) is 35.3 Å². The Hall–Kier alpha value is -3.57. The Labute approximate surface area is 236 Å². The van der Waals surface area contributed by atoms with Gasteiger partial charge in [0, 0.05) is 0 Å². The van der Waals surface area contributed by atoms with Crippen LogP contribution in [0.4, 0.5) is 0 Å². The summed E-state index contributed by atoms with van der Waals surface area (Å²) in [6.07, 6.45) is 4.88. The van der Waals surface area contributed by atoms with E-state index in [0.717, 1.165) is 38.5 Å². The summed E-state index contributed by atoms with van der Waals surface area (Å²) in [4.78, 5) is 0. The minimum Gasteiger partial charge on any atom is -0.478 e. The molecule has 0 aliphatic heterocycles. The highest BCUT2D eigenvalue weighted by atomic mass is 16.5. The molecule has 224 valence electrons. The SMILES string of the molecule is CCCOc1n[nH]c(OCCC)c1C(c1c(OCCC)n[nH]c1OCCC)c1c(OCCC)n[nH]c1OCCC. The molecule has 0 bridgehead atoms. The van der Waals surface area contributed by atoms with E-state index in [0.29, 0.717) is 91.6 Å². The van der Waals surface area contributed by atoms with Gasteiger partial charge in [-0.1, -0.05) is 41.5 Å². The van der Waals surface area contributed by atoms with Gasteiger partial charge in [0.2, 0.25) is 35.3 Å². The molecule has 0 saturated carbocycles. The molecule has 0 aromatic carbocycles. The standard InChI is InChI=1S/C28H46N6O6/c1-7-13-35-23-20(24(30-29-23)36-14-8-2)19(21-25(37-15-9-3)31-32-26(21)38-16-10-4)22-27(39-17-11-5)33-34-28(22)40-18-12-6/h19H,7-18H2,1-6H3,(H,29,30)(H,31,32)(H,33,34). The predicted molar refractivity (Wildman–Crippen MR) is 151 cm³/mol. The van der Waals surface area contributed by atoms with Crippen molar-refractivity contribution >= 4 is 0 Å². The highest BCUT2D eigenvalue weighted by molar-refractivity contribution is 5.60. The molecule has 3 aromatic heterocycles. The molecule has 0 radical (unpaired) electrons. The fourth-order valence-electron chi connectivity index (χ4n) is 4.02. The predicted octanol–water partition coefficient (Wildman–Crippen LogP) is 5.77. The number of H-pyrrole nitrogens is 3. The van der Waals surface area contributed by atoms with Crippen LogP contribution in [-0.2, 0) is 0 Å². The van der Waals surface area contributed by atoms with Gasteiger partial charge in [0.15, 0.2) is 0 Å². The Bertz CT molecular complexity index is 912. The van der Waals surface area contributed by atoms with Gasteiger partial charge in [-0.2, -0.15) is 0 Å². The molecule has 3 heterocycles. The van der Waals surface area contributed by atoms with Crippen molar-refractivity contribution < 1.29 is 28.4 Å². The molecule has 0 saturated heterocycles. The first kappa shape index (κ1) is 31.0. The normalized spacial score (nSPS) is 11.2. The van der Waals surface area contributed by atoms with Crippen LogP contribution in [0.15, 0.2) is 0 Å². The van der Waals surface area contributed by atoms with Crippen LogP contribution in [0.1, 0.15) is 103 Å². The van der Waals surface area contributed by atoms with Crippen LogP contribution in [-0.4, -0.2) is 70.2 Å². The molecular formula is C28H46N6O6. The number of nitrogens with one attached hydrogen (secondary N) is 3. The van der Waals surface area contributed by atoms with Gasteiger partial charge in [-0.3, -0.25) is 0 Å². The van der Waals surface area contributed by atoms with Crippen LogP contribution in [0.3, 0.4) is 0 Å². The lowest BCUT2D eigenvalue weighted by atomic mass is 9.88. The van der Waals surface area contributed by atoms with Crippen LogP contribution in [0, 0.1) is 0 Å². The zero-order valence-electron chi connectivity index (χ0n) is 24.9. The minimum absolute atomic E-state index is 0.408. The quantitative estimate of drug-likeness (QED) is 0.147. The molecule has 0 aliphatic rings. The number of aromatic nitrogens is 6. The molecule has 3 rings (SSSR count). The maximum absolute atomic E-state index is 6.19. The average molecular weight is 563 g/mol. The highest BCUT2D eigenvalue weighted by Gasteiger charge is 2.40. The van der Waals surface area contributed by atoms with Crippen LogP contribution in [0.25, 0.3) is 0 Å². The van der Waals surface area contributed by atoms with E-state index in [4.69, 9.17) is 28.4 Å². The minimum atomic E-state index is -0.632. The molecule has 3 N–H and O–H groups in total. The van der Waals surface area contributed by atoms with Gasteiger partial charge in [0.05, 0.1) is 62.2 Å². The Morgan fingerprint density at radius 1 is 0.425 bits per heavy atom.